The molecule has 0 bridgehead atoms. The summed E-state index contributed by atoms with van der Waals surface area (Å²) in [5.41, 5.74) is 0.999. The van der Waals surface area contributed by atoms with Gasteiger partial charge in [0, 0.05) is 24.1 Å². The summed E-state index contributed by atoms with van der Waals surface area (Å²) in [6, 6.07) is 15.7. The number of amides is 1. The molecule has 0 unspecified atom stereocenters. The highest BCUT2D eigenvalue weighted by molar-refractivity contribution is 5.99. The van der Waals surface area contributed by atoms with Gasteiger partial charge in [0.25, 0.3) is 11.6 Å². The maximum Gasteiger partial charge on any atom is 0.295 e. The maximum atomic E-state index is 12.6. The number of aromatic nitrogens is 1. The minimum Gasteiger partial charge on any atom is -0.493 e. The molecule has 0 aliphatic rings. The van der Waals surface area contributed by atoms with Gasteiger partial charge in [-0.2, -0.15) is 0 Å². The number of rotatable bonds is 7. The van der Waals surface area contributed by atoms with Crippen LogP contribution < -0.4 is 10.1 Å². The molecule has 1 aromatic heterocycles. The summed E-state index contributed by atoms with van der Waals surface area (Å²) < 4.78 is 5.83. The third-order valence-corrected chi connectivity index (χ3v) is 4.08. The fourth-order valence-electron chi connectivity index (χ4n) is 2.71. The number of nitrogens with zero attached hydrogens (tertiary/aromatic N) is 2. The largest absolute Gasteiger partial charge is 0.493 e. The number of carbonyl (C=O) groups excluding carboxylic acids is 1. The molecule has 0 atom stereocenters. The average Bonchev–Trinajstić information content (AvgIpc) is 2.70. The van der Waals surface area contributed by atoms with E-state index in [0.29, 0.717) is 24.3 Å². The number of carbonyl (C=O) groups is 1. The number of pyridine rings is 1. The van der Waals surface area contributed by atoms with Crippen LogP contribution in [-0.4, -0.2) is 22.4 Å². The second-order valence-corrected chi connectivity index (χ2v) is 6.81. The van der Waals surface area contributed by atoms with Crippen molar-refractivity contribution in [3.8, 4) is 5.75 Å². The van der Waals surface area contributed by atoms with Crippen LogP contribution in [-0.2, 0) is 6.54 Å². The maximum absolute atomic E-state index is 12.6. The Morgan fingerprint density at radius 3 is 2.61 bits per heavy atom. The first kappa shape index (κ1) is 19.3. The molecule has 0 saturated carbocycles. The number of ether oxygens (including phenoxy) is 1. The molecule has 0 radical (unpaired) electrons. The Hall–Kier alpha value is -3.48. The molecule has 0 fully saturated rings. The normalized spacial score (nSPS) is 10.8. The molecular formula is C21H21N3O4. The van der Waals surface area contributed by atoms with E-state index in [4.69, 9.17) is 4.74 Å². The standard InChI is InChI=1S/C21H21N3O4/c1-14(2)13-28-19-11-17(21(25)22-12-15-7-4-3-5-8-15)23-20-16(19)9-6-10-18(20)24(26)27/h3-11,14H,12-13H2,1-2H3,(H,22,25). The minimum absolute atomic E-state index is 0.0801. The zero-order chi connectivity index (χ0) is 20.1. The van der Waals surface area contributed by atoms with Crippen molar-refractivity contribution in [2.75, 3.05) is 6.61 Å². The fraction of sp³-hybridized carbons (Fsp3) is 0.238. The van der Waals surface area contributed by atoms with Crippen LogP contribution in [0.5, 0.6) is 5.75 Å². The Labute approximate surface area is 162 Å². The van der Waals surface area contributed by atoms with Crippen LogP contribution in [0.15, 0.2) is 54.6 Å². The van der Waals surface area contributed by atoms with Gasteiger partial charge in [-0.1, -0.05) is 50.2 Å². The van der Waals surface area contributed by atoms with E-state index in [-0.39, 0.29) is 22.8 Å². The summed E-state index contributed by atoms with van der Waals surface area (Å²) in [4.78, 5) is 27.8. The number of fused-ring (bicyclic) bond motifs is 1. The van der Waals surface area contributed by atoms with Crippen molar-refractivity contribution in [2.45, 2.75) is 20.4 Å². The second-order valence-electron chi connectivity index (χ2n) is 6.81. The zero-order valence-electron chi connectivity index (χ0n) is 15.7. The summed E-state index contributed by atoms with van der Waals surface area (Å²) in [6.07, 6.45) is 0. The molecule has 28 heavy (non-hydrogen) atoms. The van der Waals surface area contributed by atoms with Crippen LogP contribution in [0, 0.1) is 16.0 Å². The number of benzene rings is 2. The second kappa shape index (κ2) is 8.47. The van der Waals surface area contributed by atoms with Gasteiger partial charge in [-0.05, 0) is 17.5 Å². The number of nitro benzene ring substituents is 1. The molecule has 0 aliphatic carbocycles. The highest BCUT2D eigenvalue weighted by atomic mass is 16.6. The summed E-state index contributed by atoms with van der Waals surface area (Å²) in [5, 5.41) is 14.7. The van der Waals surface area contributed by atoms with Crippen LogP contribution in [0.4, 0.5) is 5.69 Å². The lowest BCUT2D eigenvalue weighted by Crippen LogP contribution is -2.24. The van der Waals surface area contributed by atoms with Crippen LogP contribution in [0.2, 0.25) is 0 Å². The quantitative estimate of drug-likeness (QED) is 0.492. The van der Waals surface area contributed by atoms with E-state index < -0.39 is 10.8 Å². The van der Waals surface area contributed by atoms with Crippen molar-refractivity contribution in [1.82, 2.24) is 10.3 Å². The first-order chi connectivity index (χ1) is 13.5. The highest BCUT2D eigenvalue weighted by Crippen LogP contribution is 2.31. The average molecular weight is 379 g/mol. The van der Waals surface area contributed by atoms with E-state index >= 15 is 0 Å². The molecule has 2 aromatic carbocycles. The third kappa shape index (κ3) is 4.43. The van der Waals surface area contributed by atoms with Gasteiger partial charge < -0.3 is 10.1 Å². The van der Waals surface area contributed by atoms with Crippen LogP contribution >= 0.6 is 0 Å². The van der Waals surface area contributed by atoms with Gasteiger partial charge in [-0.15, -0.1) is 0 Å². The number of non-ortho nitro benzene ring substituents is 1. The third-order valence-electron chi connectivity index (χ3n) is 4.08. The smallest absolute Gasteiger partial charge is 0.295 e. The fourth-order valence-corrected chi connectivity index (χ4v) is 2.71. The highest BCUT2D eigenvalue weighted by Gasteiger charge is 2.20. The van der Waals surface area contributed by atoms with E-state index in [1.165, 1.54) is 12.1 Å². The van der Waals surface area contributed by atoms with Crippen molar-refractivity contribution < 1.29 is 14.5 Å². The zero-order valence-corrected chi connectivity index (χ0v) is 15.7. The van der Waals surface area contributed by atoms with Crippen molar-refractivity contribution in [1.29, 1.82) is 0 Å². The molecule has 1 N–H and O–H groups in total. The Morgan fingerprint density at radius 1 is 1.18 bits per heavy atom. The van der Waals surface area contributed by atoms with Gasteiger partial charge in [0.1, 0.15) is 11.4 Å². The lowest BCUT2D eigenvalue weighted by atomic mass is 10.1. The Bertz CT molecular complexity index is 1000. The number of hydrogen-bond donors (Lipinski definition) is 1. The van der Waals surface area contributed by atoms with Crippen LogP contribution in [0.25, 0.3) is 10.9 Å². The SMILES string of the molecule is CC(C)COc1cc(C(=O)NCc2ccccc2)nc2c([N+](=O)[O-])cccc12. The van der Waals surface area contributed by atoms with Gasteiger partial charge in [0.2, 0.25) is 0 Å². The van der Waals surface area contributed by atoms with Gasteiger partial charge in [0.05, 0.1) is 11.5 Å². The number of hydrogen-bond acceptors (Lipinski definition) is 5. The molecule has 7 nitrogen and oxygen atoms in total. The predicted molar refractivity (Wildman–Crippen MR) is 106 cm³/mol. The molecule has 3 rings (SSSR count). The lowest BCUT2D eigenvalue weighted by Gasteiger charge is -2.13. The van der Waals surface area contributed by atoms with Crippen molar-refractivity contribution in [3.05, 3.63) is 76.0 Å². The Morgan fingerprint density at radius 2 is 1.93 bits per heavy atom. The molecule has 7 heteroatoms. The van der Waals surface area contributed by atoms with Gasteiger partial charge in [-0.25, -0.2) is 4.98 Å². The number of para-hydroxylation sites is 1. The monoisotopic (exact) mass is 379 g/mol. The van der Waals surface area contributed by atoms with Crippen molar-refractivity contribution in [3.63, 3.8) is 0 Å². The van der Waals surface area contributed by atoms with Crippen LogP contribution in [0.3, 0.4) is 0 Å². The first-order valence-corrected chi connectivity index (χ1v) is 8.98. The van der Waals surface area contributed by atoms with E-state index in [1.807, 2.05) is 44.2 Å². The first-order valence-electron chi connectivity index (χ1n) is 8.98. The molecule has 0 saturated heterocycles. The van der Waals surface area contributed by atoms with Crippen LogP contribution in [0.1, 0.15) is 29.9 Å². The van der Waals surface area contributed by atoms with E-state index in [2.05, 4.69) is 10.3 Å². The van der Waals surface area contributed by atoms with E-state index in [0.717, 1.165) is 5.56 Å². The molecule has 144 valence electrons. The summed E-state index contributed by atoms with van der Waals surface area (Å²) >= 11 is 0. The molecular weight excluding hydrogens is 358 g/mol. The Kier molecular flexibility index (Phi) is 5.84. The summed E-state index contributed by atoms with van der Waals surface area (Å²) in [5.74, 6) is 0.253. The Balaban J connectivity index is 1.97. The molecule has 0 spiro atoms. The van der Waals surface area contributed by atoms with Crippen molar-refractivity contribution in [2.24, 2.45) is 5.92 Å². The lowest BCUT2D eigenvalue weighted by molar-refractivity contribution is -0.383. The van der Waals surface area contributed by atoms with Gasteiger partial charge >= 0.3 is 0 Å². The van der Waals surface area contributed by atoms with Gasteiger partial charge in [0.15, 0.2) is 5.52 Å². The summed E-state index contributed by atoms with van der Waals surface area (Å²) in [7, 11) is 0. The van der Waals surface area contributed by atoms with Gasteiger partial charge in [-0.3, -0.25) is 14.9 Å². The molecule has 1 amide bonds. The molecule has 0 aliphatic heterocycles. The topological polar surface area (TPSA) is 94.4 Å². The number of nitrogens with one attached hydrogen (secondary N) is 1. The molecule has 1 heterocycles. The predicted octanol–water partition coefficient (Wildman–Crippen LogP) is 4.11. The van der Waals surface area contributed by atoms with E-state index in [9.17, 15) is 14.9 Å². The minimum atomic E-state index is -0.507. The van der Waals surface area contributed by atoms with Crippen molar-refractivity contribution >= 4 is 22.5 Å². The molecule has 3 aromatic rings. The van der Waals surface area contributed by atoms with E-state index in [1.54, 1.807) is 12.1 Å². The summed E-state index contributed by atoms with van der Waals surface area (Å²) in [6.45, 7) is 4.75. The number of nitro groups is 1.